The minimum Gasteiger partial charge on any atom is -0.389 e. The number of anilines is 1. The van der Waals surface area contributed by atoms with Crippen molar-refractivity contribution in [2.75, 3.05) is 31.1 Å². The molecule has 0 bridgehead atoms. The molecule has 19 heavy (non-hydrogen) atoms. The summed E-state index contributed by atoms with van der Waals surface area (Å²) in [6.45, 7) is 9.97. The van der Waals surface area contributed by atoms with E-state index in [0.29, 0.717) is 11.6 Å². The summed E-state index contributed by atoms with van der Waals surface area (Å²) in [6, 6.07) is 5.17. The lowest BCUT2D eigenvalue weighted by Crippen LogP contribution is -2.52. The highest BCUT2D eigenvalue weighted by molar-refractivity contribution is 5.55. The highest BCUT2D eigenvalue weighted by Crippen LogP contribution is 2.29. The lowest BCUT2D eigenvalue weighted by Gasteiger charge is -2.41. The second-order valence-corrected chi connectivity index (χ2v) is 5.30. The van der Waals surface area contributed by atoms with Gasteiger partial charge in [-0.1, -0.05) is 6.92 Å². The summed E-state index contributed by atoms with van der Waals surface area (Å²) in [6.07, 6.45) is -0.648. The second-order valence-electron chi connectivity index (χ2n) is 5.30. The summed E-state index contributed by atoms with van der Waals surface area (Å²) in [5.41, 5.74) is 1.64. The van der Waals surface area contributed by atoms with Gasteiger partial charge in [0.25, 0.3) is 0 Å². The Morgan fingerprint density at radius 2 is 2.16 bits per heavy atom. The maximum atomic E-state index is 13.3. The van der Waals surface area contributed by atoms with Crippen molar-refractivity contribution >= 4 is 5.69 Å². The van der Waals surface area contributed by atoms with E-state index in [1.54, 1.807) is 13.0 Å². The number of aliphatic hydroxyl groups excluding tert-OH is 1. The molecule has 0 radical (unpaired) electrons. The molecule has 1 aliphatic rings. The molecular weight excluding hydrogens is 243 g/mol. The molecule has 0 saturated carbocycles. The monoisotopic (exact) mass is 266 g/mol. The van der Waals surface area contributed by atoms with Crippen molar-refractivity contribution in [1.29, 1.82) is 0 Å². The lowest BCUT2D eigenvalue weighted by atomic mass is 10.0. The Morgan fingerprint density at radius 3 is 2.74 bits per heavy atom. The van der Waals surface area contributed by atoms with Crippen LogP contribution in [0.1, 0.15) is 32.4 Å². The minimum atomic E-state index is -0.648. The van der Waals surface area contributed by atoms with Gasteiger partial charge in [0.2, 0.25) is 0 Å². The van der Waals surface area contributed by atoms with Crippen LogP contribution >= 0.6 is 0 Å². The zero-order chi connectivity index (χ0) is 14.0. The lowest BCUT2D eigenvalue weighted by molar-refractivity contribution is 0.192. The van der Waals surface area contributed by atoms with Gasteiger partial charge in [-0.05, 0) is 38.6 Å². The maximum absolute atomic E-state index is 13.3. The molecule has 0 spiro atoms. The first-order valence-electron chi connectivity index (χ1n) is 6.99. The third kappa shape index (κ3) is 3.07. The zero-order valence-electron chi connectivity index (χ0n) is 11.9. The summed E-state index contributed by atoms with van der Waals surface area (Å²) >= 11 is 0. The van der Waals surface area contributed by atoms with Gasteiger partial charge in [0, 0.05) is 36.9 Å². The number of nitrogens with zero attached hydrogens (tertiary/aromatic N) is 2. The van der Waals surface area contributed by atoms with Gasteiger partial charge < -0.3 is 10.0 Å². The average molecular weight is 266 g/mol. The molecule has 0 amide bonds. The van der Waals surface area contributed by atoms with E-state index < -0.39 is 6.10 Å². The number of halogens is 1. The highest BCUT2D eigenvalue weighted by atomic mass is 19.1. The number of hydrogen-bond acceptors (Lipinski definition) is 3. The van der Waals surface area contributed by atoms with E-state index in [2.05, 4.69) is 23.6 Å². The molecule has 1 N–H and O–H groups in total. The summed E-state index contributed by atoms with van der Waals surface area (Å²) in [4.78, 5) is 4.68. The van der Waals surface area contributed by atoms with Gasteiger partial charge in [0.1, 0.15) is 5.82 Å². The second kappa shape index (κ2) is 5.88. The van der Waals surface area contributed by atoms with Crippen molar-refractivity contribution in [3.8, 4) is 0 Å². The molecule has 3 nitrogen and oxygen atoms in total. The SMILES string of the molecule is CCN1CCN(c2ccc(F)cc2[C@@H](C)O)CC1C. The van der Waals surface area contributed by atoms with Gasteiger partial charge in [-0.15, -0.1) is 0 Å². The molecule has 106 valence electrons. The predicted octanol–water partition coefficient (Wildman–Crippen LogP) is 2.41. The molecule has 1 heterocycles. The van der Waals surface area contributed by atoms with Gasteiger partial charge in [0.15, 0.2) is 0 Å². The molecule has 1 aromatic rings. The maximum Gasteiger partial charge on any atom is 0.123 e. The summed E-state index contributed by atoms with van der Waals surface area (Å²) in [5, 5.41) is 9.82. The van der Waals surface area contributed by atoms with Crippen LogP contribution in [0.25, 0.3) is 0 Å². The first-order chi connectivity index (χ1) is 9.02. The van der Waals surface area contributed by atoms with Gasteiger partial charge in [-0.3, -0.25) is 4.90 Å². The zero-order valence-corrected chi connectivity index (χ0v) is 11.9. The van der Waals surface area contributed by atoms with E-state index in [0.717, 1.165) is 31.9 Å². The van der Waals surface area contributed by atoms with Crippen LogP contribution in [-0.2, 0) is 0 Å². The normalized spacial score (nSPS) is 22.6. The average Bonchev–Trinajstić information content (AvgIpc) is 2.38. The van der Waals surface area contributed by atoms with Crippen LogP contribution in [0.4, 0.5) is 10.1 Å². The molecule has 1 aliphatic heterocycles. The van der Waals surface area contributed by atoms with Crippen LogP contribution in [0, 0.1) is 5.82 Å². The van der Waals surface area contributed by atoms with Crippen LogP contribution in [0.5, 0.6) is 0 Å². The van der Waals surface area contributed by atoms with E-state index in [9.17, 15) is 9.50 Å². The summed E-state index contributed by atoms with van der Waals surface area (Å²) in [7, 11) is 0. The number of piperazine rings is 1. The molecule has 0 aliphatic carbocycles. The van der Waals surface area contributed by atoms with Crippen molar-refractivity contribution in [3.63, 3.8) is 0 Å². The number of aliphatic hydroxyl groups is 1. The molecule has 2 atom stereocenters. The first kappa shape index (κ1) is 14.3. The molecule has 0 aromatic heterocycles. The van der Waals surface area contributed by atoms with Gasteiger partial charge >= 0.3 is 0 Å². The fourth-order valence-electron chi connectivity index (χ4n) is 2.83. The Kier molecular flexibility index (Phi) is 4.42. The van der Waals surface area contributed by atoms with E-state index in [4.69, 9.17) is 0 Å². The Morgan fingerprint density at radius 1 is 1.42 bits per heavy atom. The Balaban J connectivity index is 2.23. The van der Waals surface area contributed by atoms with Gasteiger partial charge in [-0.25, -0.2) is 4.39 Å². The van der Waals surface area contributed by atoms with Gasteiger partial charge in [0.05, 0.1) is 6.10 Å². The molecule has 1 fully saturated rings. The Hall–Kier alpha value is -1.13. The fourth-order valence-corrected chi connectivity index (χ4v) is 2.83. The van der Waals surface area contributed by atoms with E-state index in [1.165, 1.54) is 12.1 Å². The number of hydrogen-bond donors (Lipinski definition) is 1. The van der Waals surface area contributed by atoms with E-state index >= 15 is 0 Å². The first-order valence-corrected chi connectivity index (χ1v) is 6.99. The van der Waals surface area contributed by atoms with Crippen molar-refractivity contribution in [3.05, 3.63) is 29.6 Å². The van der Waals surface area contributed by atoms with Crippen LogP contribution in [-0.4, -0.2) is 42.2 Å². The van der Waals surface area contributed by atoms with Crippen molar-refractivity contribution in [2.24, 2.45) is 0 Å². The van der Waals surface area contributed by atoms with Crippen molar-refractivity contribution in [2.45, 2.75) is 32.9 Å². The quantitative estimate of drug-likeness (QED) is 0.910. The van der Waals surface area contributed by atoms with E-state index in [-0.39, 0.29) is 5.82 Å². The smallest absolute Gasteiger partial charge is 0.123 e. The molecule has 1 unspecified atom stereocenters. The number of rotatable bonds is 3. The number of benzene rings is 1. The summed E-state index contributed by atoms with van der Waals surface area (Å²) in [5.74, 6) is -0.292. The van der Waals surface area contributed by atoms with Crippen LogP contribution < -0.4 is 4.90 Å². The molecular formula is C15H23FN2O. The predicted molar refractivity (Wildman–Crippen MR) is 76.0 cm³/mol. The van der Waals surface area contributed by atoms with Crippen molar-refractivity contribution in [1.82, 2.24) is 4.90 Å². The topological polar surface area (TPSA) is 26.7 Å². The molecule has 4 heteroatoms. The Labute approximate surface area is 114 Å². The Bertz CT molecular complexity index is 436. The molecule has 1 saturated heterocycles. The van der Waals surface area contributed by atoms with Gasteiger partial charge in [-0.2, -0.15) is 0 Å². The van der Waals surface area contributed by atoms with Crippen LogP contribution in [0.3, 0.4) is 0 Å². The number of likely N-dealkylation sites (N-methyl/N-ethyl adjacent to an activating group) is 1. The molecule has 2 rings (SSSR count). The minimum absolute atomic E-state index is 0.292. The fraction of sp³-hybridized carbons (Fsp3) is 0.600. The largest absolute Gasteiger partial charge is 0.389 e. The standard InChI is InChI=1S/C15H23FN2O/c1-4-17-7-8-18(10-11(17)2)15-6-5-13(16)9-14(15)12(3)19/h5-6,9,11-12,19H,4,7-8,10H2,1-3H3/t11?,12-/m1/s1. The third-order valence-electron chi connectivity index (χ3n) is 3.95. The van der Waals surface area contributed by atoms with Crippen molar-refractivity contribution < 1.29 is 9.50 Å². The van der Waals surface area contributed by atoms with E-state index in [1.807, 2.05) is 0 Å². The summed E-state index contributed by atoms with van der Waals surface area (Å²) < 4.78 is 13.3. The third-order valence-corrected chi connectivity index (χ3v) is 3.95. The molecule has 1 aromatic carbocycles. The highest BCUT2D eigenvalue weighted by Gasteiger charge is 2.24. The van der Waals surface area contributed by atoms with Crippen LogP contribution in [0.15, 0.2) is 18.2 Å². The van der Waals surface area contributed by atoms with Crippen LogP contribution in [0.2, 0.25) is 0 Å².